The van der Waals surface area contributed by atoms with Gasteiger partial charge in [0.15, 0.2) is 0 Å². The molecule has 32 heavy (non-hydrogen) atoms. The van der Waals surface area contributed by atoms with E-state index in [9.17, 15) is 13.2 Å². The number of hydrogen-bond donors (Lipinski definition) is 1. The Morgan fingerprint density at radius 1 is 0.906 bits per heavy atom. The quantitative estimate of drug-likeness (QED) is 0.556. The van der Waals surface area contributed by atoms with Crippen LogP contribution in [0, 0.1) is 13.8 Å². The van der Waals surface area contributed by atoms with Gasteiger partial charge in [0, 0.05) is 12.1 Å². The molecule has 3 aromatic rings. The van der Waals surface area contributed by atoms with Crippen LogP contribution in [0.3, 0.4) is 0 Å². The molecule has 0 atom stereocenters. The Balaban J connectivity index is 1.69. The molecule has 0 bridgehead atoms. The van der Waals surface area contributed by atoms with Crippen molar-refractivity contribution in [1.82, 2.24) is 5.32 Å². The third kappa shape index (κ3) is 6.11. The molecule has 1 amide bonds. The van der Waals surface area contributed by atoms with E-state index in [1.165, 1.54) is 10.6 Å². The molecule has 0 radical (unpaired) electrons. The first-order valence-electron chi connectivity index (χ1n) is 10.2. The number of carbonyl (C=O) groups excluding carboxylic acids is 1. The van der Waals surface area contributed by atoms with Crippen LogP contribution in [0.15, 0.2) is 66.7 Å². The Labute approximate surface area is 189 Å². The van der Waals surface area contributed by atoms with E-state index in [-0.39, 0.29) is 12.5 Å². The fraction of sp³-hybridized carbons (Fsp3) is 0.240. The maximum Gasteiger partial charge on any atom is 0.251 e. The van der Waals surface area contributed by atoms with Gasteiger partial charge in [-0.15, -0.1) is 0 Å². The van der Waals surface area contributed by atoms with Gasteiger partial charge in [-0.25, -0.2) is 8.42 Å². The largest absolute Gasteiger partial charge is 0.497 e. The van der Waals surface area contributed by atoms with E-state index >= 15 is 0 Å². The summed E-state index contributed by atoms with van der Waals surface area (Å²) in [4.78, 5) is 12.5. The van der Waals surface area contributed by atoms with Crippen LogP contribution < -0.4 is 14.4 Å². The molecule has 0 aliphatic rings. The number of nitrogens with one attached hydrogen (secondary N) is 1. The number of hydrogen-bond acceptors (Lipinski definition) is 4. The number of benzene rings is 3. The molecule has 1 N–H and O–H groups in total. The van der Waals surface area contributed by atoms with Crippen molar-refractivity contribution < 1.29 is 17.9 Å². The van der Waals surface area contributed by atoms with E-state index in [4.69, 9.17) is 4.74 Å². The smallest absolute Gasteiger partial charge is 0.251 e. The third-order valence-electron chi connectivity index (χ3n) is 5.05. The highest BCUT2D eigenvalue weighted by molar-refractivity contribution is 7.92. The predicted octanol–water partition coefficient (Wildman–Crippen LogP) is 4.21. The van der Waals surface area contributed by atoms with Gasteiger partial charge in [0.25, 0.3) is 5.91 Å². The van der Waals surface area contributed by atoms with Gasteiger partial charge < -0.3 is 10.1 Å². The number of amides is 1. The summed E-state index contributed by atoms with van der Waals surface area (Å²) < 4.78 is 31.4. The van der Waals surface area contributed by atoms with Crippen LogP contribution in [0.4, 0.5) is 5.69 Å². The van der Waals surface area contributed by atoms with E-state index in [0.717, 1.165) is 28.0 Å². The van der Waals surface area contributed by atoms with Crippen molar-refractivity contribution in [3.8, 4) is 5.75 Å². The minimum atomic E-state index is -3.48. The molecule has 3 rings (SSSR count). The lowest BCUT2D eigenvalue weighted by Crippen LogP contribution is -2.29. The van der Waals surface area contributed by atoms with Crippen LogP contribution in [0.1, 0.15) is 32.6 Å². The number of ether oxygens (including phenoxy) is 1. The van der Waals surface area contributed by atoms with Crippen molar-refractivity contribution in [1.29, 1.82) is 0 Å². The van der Waals surface area contributed by atoms with Crippen molar-refractivity contribution in [2.45, 2.75) is 26.9 Å². The van der Waals surface area contributed by atoms with E-state index in [1.54, 1.807) is 31.4 Å². The van der Waals surface area contributed by atoms with Crippen LogP contribution in [-0.2, 0) is 23.1 Å². The lowest BCUT2D eigenvalue weighted by Gasteiger charge is -2.23. The van der Waals surface area contributed by atoms with Gasteiger partial charge in [0.05, 0.1) is 25.6 Å². The maximum atomic E-state index is 12.5. The van der Waals surface area contributed by atoms with Gasteiger partial charge in [0.1, 0.15) is 5.75 Å². The number of methoxy groups -OCH3 is 1. The normalized spacial score (nSPS) is 11.1. The van der Waals surface area contributed by atoms with Gasteiger partial charge in [-0.1, -0.05) is 30.3 Å². The summed E-state index contributed by atoms with van der Waals surface area (Å²) in [6.07, 6.45) is 1.20. The Bertz CT molecular complexity index is 1170. The highest BCUT2D eigenvalue weighted by atomic mass is 32.2. The predicted molar refractivity (Wildman–Crippen MR) is 128 cm³/mol. The van der Waals surface area contributed by atoms with Gasteiger partial charge in [-0.3, -0.25) is 9.10 Å². The van der Waals surface area contributed by atoms with Crippen molar-refractivity contribution in [3.63, 3.8) is 0 Å². The minimum Gasteiger partial charge on any atom is -0.497 e. The summed E-state index contributed by atoms with van der Waals surface area (Å²) in [5.74, 6) is 0.571. The fourth-order valence-electron chi connectivity index (χ4n) is 3.45. The zero-order valence-corrected chi connectivity index (χ0v) is 19.6. The minimum absolute atomic E-state index is 0.190. The van der Waals surface area contributed by atoms with Crippen LogP contribution >= 0.6 is 0 Å². The zero-order chi connectivity index (χ0) is 23.3. The average Bonchev–Trinajstić information content (AvgIpc) is 2.75. The Kier molecular flexibility index (Phi) is 7.20. The van der Waals surface area contributed by atoms with E-state index in [0.29, 0.717) is 17.8 Å². The van der Waals surface area contributed by atoms with E-state index in [2.05, 4.69) is 5.32 Å². The van der Waals surface area contributed by atoms with Crippen LogP contribution in [0.2, 0.25) is 0 Å². The van der Waals surface area contributed by atoms with E-state index in [1.807, 2.05) is 56.3 Å². The van der Waals surface area contributed by atoms with Crippen molar-refractivity contribution in [2.24, 2.45) is 0 Å². The van der Waals surface area contributed by atoms with Crippen LogP contribution in [0.25, 0.3) is 0 Å². The molecule has 0 aliphatic heterocycles. The second-order valence-electron chi connectivity index (χ2n) is 7.84. The number of nitrogens with zero attached hydrogens (tertiary/aromatic N) is 1. The molecule has 0 spiro atoms. The summed E-state index contributed by atoms with van der Waals surface area (Å²) in [6.45, 7) is 4.47. The number of aryl methyl sites for hydroxylation is 2. The second kappa shape index (κ2) is 9.87. The summed E-state index contributed by atoms with van der Waals surface area (Å²) in [5.41, 5.74) is 4.90. The SMILES string of the molecule is COc1ccc(CNC(=O)c2ccc(CN(c3cc(C)cc(C)c3)S(C)(=O)=O)cc2)cc1. The lowest BCUT2D eigenvalue weighted by atomic mass is 10.1. The zero-order valence-electron chi connectivity index (χ0n) is 18.8. The fourth-order valence-corrected chi connectivity index (χ4v) is 4.32. The highest BCUT2D eigenvalue weighted by Gasteiger charge is 2.19. The Hall–Kier alpha value is -3.32. The average molecular weight is 453 g/mol. The van der Waals surface area contributed by atoms with E-state index < -0.39 is 10.0 Å². The molecule has 6 nitrogen and oxygen atoms in total. The molecule has 0 aromatic heterocycles. The Morgan fingerprint density at radius 2 is 1.47 bits per heavy atom. The van der Waals surface area contributed by atoms with Crippen molar-refractivity contribution >= 4 is 21.6 Å². The molecule has 0 aliphatic carbocycles. The summed E-state index contributed by atoms with van der Waals surface area (Å²) >= 11 is 0. The molecule has 168 valence electrons. The first kappa shape index (κ1) is 23.3. The van der Waals surface area contributed by atoms with Gasteiger partial charge in [-0.2, -0.15) is 0 Å². The molecular weight excluding hydrogens is 424 g/mol. The lowest BCUT2D eigenvalue weighted by molar-refractivity contribution is 0.0951. The molecule has 0 heterocycles. The van der Waals surface area contributed by atoms with Crippen LogP contribution in [-0.4, -0.2) is 27.7 Å². The monoisotopic (exact) mass is 452 g/mol. The first-order valence-corrected chi connectivity index (χ1v) is 12.1. The number of anilines is 1. The van der Waals surface area contributed by atoms with Gasteiger partial charge in [0.2, 0.25) is 10.0 Å². The molecule has 3 aromatic carbocycles. The summed E-state index contributed by atoms with van der Waals surface area (Å²) in [5, 5.41) is 2.89. The number of rotatable bonds is 8. The molecule has 0 saturated heterocycles. The van der Waals surface area contributed by atoms with Crippen molar-refractivity contribution in [2.75, 3.05) is 17.7 Å². The maximum absolute atomic E-state index is 12.5. The van der Waals surface area contributed by atoms with Crippen molar-refractivity contribution in [3.05, 3.63) is 94.5 Å². The Morgan fingerprint density at radius 3 is 2.00 bits per heavy atom. The molecule has 0 saturated carbocycles. The second-order valence-corrected chi connectivity index (χ2v) is 9.75. The topological polar surface area (TPSA) is 75.7 Å². The third-order valence-corrected chi connectivity index (χ3v) is 6.19. The highest BCUT2D eigenvalue weighted by Crippen LogP contribution is 2.23. The molecule has 7 heteroatoms. The standard InChI is InChI=1S/C25H28N2O4S/c1-18-13-19(2)15-23(14-18)27(32(4,29)30)17-21-5-9-22(10-6-21)25(28)26-16-20-7-11-24(31-3)12-8-20/h5-15H,16-17H2,1-4H3,(H,26,28). The first-order chi connectivity index (χ1) is 15.2. The van der Waals surface area contributed by atoms with Crippen LogP contribution in [0.5, 0.6) is 5.75 Å². The summed E-state index contributed by atoms with van der Waals surface area (Å²) in [6, 6.07) is 20.2. The number of carbonyl (C=O) groups is 1. The molecule has 0 unspecified atom stereocenters. The van der Waals surface area contributed by atoms with Gasteiger partial charge in [-0.05, 0) is 72.5 Å². The van der Waals surface area contributed by atoms with Gasteiger partial charge >= 0.3 is 0 Å². The summed E-state index contributed by atoms with van der Waals surface area (Å²) in [7, 11) is -1.87. The molecular formula is C25H28N2O4S. The number of sulfonamides is 1. The molecule has 0 fully saturated rings.